The molecule has 0 atom stereocenters. The lowest BCUT2D eigenvalue weighted by Gasteiger charge is -2.09. The van der Waals surface area contributed by atoms with Crippen LogP contribution < -0.4 is 10.6 Å². The Morgan fingerprint density at radius 1 is 1.23 bits per heavy atom. The van der Waals surface area contributed by atoms with E-state index in [1.54, 1.807) is 0 Å². The molecule has 0 saturated heterocycles. The van der Waals surface area contributed by atoms with Crippen molar-refractivity contribution >= 4 is 23.4 Å². The van der Waals surface area contributed by atoms with Crippen molar-refractivity contribution in [2.45, 2.75) is 45.2 Å². The number of hydrogen-bond donors (Lipinski definition) is 2. The maximum Gasteiger partial charge on any atom is 0.287 e. The minimum absolute atomic E-state index is 0.0545. The van der Waals surface area contributed by atoms with Gasteiger partial charge in [0.25, 0.3) is 5.91 Å². The standard InChI is InChI=1S/C23H23ClN4O3/c1-13-20-18(31-22(13)23(30)25-10-19(29)26-17-7-8-17)9-4-15-12-28(27-21(15)20)11-14-2-5-16(24)6-3-14/h2-3,5-6,12,17H,4,7-11H2,1H3,(H,25,30)(H,26,29). The van der Waals surface area contributed by atoms with Crippen molar-refractivity contribution in [3.8, 4) is 11.3 Å². The van der Waals surface area contributed by atoms with Gasteiger partial charge < -0.3 is 15.1 Å². The van der Waals surface area contributed by atoms with Crippen molar-refractivity contribution in [1.29, 1.82) is 0 Å². The summed E-state index contributed by atoms with van der Waals surface area (Å²) in [5.74, 6) is 0.478. The average molecular weight is 439 g/mol. The molecule has 0 aliphatic heterocycles. The Morgan fingerprint density at radius 3 is 2.74 bits per heavy atom. The molecular weight excluding hydrogens is 416 g/mol. The number of benzene rings is 1. The second-order valence-electron chi connectivity index (χ2n) is 8.21. The Hall–Kier alpha value is -3.06. The number of fused-ring (bicyclic) bond motifs is 3. The van der Waals surface area contributed by atoms with Crippen LogP contribution in [-0.4, -0.2) is 34.2 Å². The number of aromatic nitrogens is 2. The van der Waals surface area contributed by atoms with Crippen LogP contribution in [0.3, 0.4) is 0 Å². The van der Waals surface area contributed by atoms with Gasteiger partial charge in [-0.3, -0.25) is 14.3 Å². The van der Waals surface area contributed by atoms with Gasteiger partial charge in [-0.15, -0.1) is 0 Å². The highest BCUT2D eigenvalue weighted by atomic mass is 35.5. The maximum absolute atomic E-state index is 12.7. The van der Waals surface area contributed by atoms with E-state index in [0.29, 0.717) is 18.0 Å². The topological polar surface area (TPSA) is 89.2 Å². The number of furan rings is 1. The number of hydrogen-bond acceptors (Lipinski definition) is 4. The third-order valence-electron chi connectivity index (χ3n) is 5.73. The number of rotatable bonds is 6. The molecule has 2 heterocycles. The summed E-state index contributed by atoms with van der Waals surface area (Å²) in [4.78, 5) is 24.5. The van der Waals surface area contributed by atoms with Gasteiger partial charge in [0, 0.05) is 34.8 Å². The van der Waals surface area contributed by atoms with E-state index in [1.165, 1.54) is 0 Å². The number of nitrogens with zero attached hydrogens (tertiary/aromatic N) is 2. The van der Waals surface area contributed by atoms with Crippen molar-refractivity contribution in [2.75, 3.05) is 6.54 Å². The van der Waals surface area contributed by atoms with E-state index in [2.05, 4.69) is 16.8 Å². The molecule has 31 heavy (non-hydrogen) atoms. The molecule has 2 aliphatic carbocycles. The Labute approximate surface area is 184 Å². The van der Waals surface area contributed by atoms with E-state index >= 15 is 0 Å². The third-order valence-corrected chi connectivity index (χ3v) is 5.98. The van der Waals surface area contributed by atoms with Gasteiger partial charge >= 0.3 is 0 Å². The minimum atomic E-state index is -0.375. The van der Waals surface area contributed by atoms with Gasteiger partial charge in [-0.1, -0.05) is 23.7 Å². The fourth-order valence-corrected chi connectivity index (χ4v) is 4.11. The molecule has 2 aliphatic rings. The summed E-state index contributed by atoms with van der Waals surface area (Å²) in [6.45, 7) is 2.45. The SMILES string of the molecule is Cc1c(C(=O)NCC(=O)NC2CC2)oc2c1-c1nn(Cc3ccc(Cl)cc3)cc1CC2. The number of nitrogens with one attached hydrogen (secondary N) is 2. The lowest BCUT2D eigenvalue weighted by atomic mass is 9.93. The van der Waals surface area contributed by atoms with Crippen molar-refractivity contribution in [3.63, 3.8) is 0 Å². The largest absolute Gasteiger partial charge is 0.455 e. The normalized spacial score (nSPS) is 14.6. The van der Waals surface area contributed by atoms with Crippen LogP contribution >= 0.6 is 11.6 Å². The van der Waals surface area contributed by atoms with E-state index in [0.717, 1.165) is 53.0 Å². The molecule has 1 saturated carbocycles. The predicted molar refractivity (Wildman–Crippen MR) is 116 cm³/mol. The number of halogens is 1. The Balaban J connectivity index is 1.34. The zero-order valence-corrected chi connectivity index (χ0v) is 18.0. The highest BCUT2D eigenvalue weighted by Crippen LogP contribution is 2.38. The first-order valence-corrected chi connectivity index (χ1v) is 10.9. The molecule has 160 valence electrons. The molecule has 0 unspecified atom stereocenters. The molecule has 2 aromatic heterocycles. The fourth-order valence-electron chi connectivity index (χ4n) is 3.99. The Morgan fingerprint density at radius 2 is 2.00 bits per heavy atom. The van der Waals surface area contributed by atoms with Crippen LogP contribution in [0.1, 0.15) is 45.8 Å². The maximum atomic E-state index is 12.7. The van der Waals surface area contributed by atoms with Crippen LogP contribution in [0.15, 0.2) is 34.9 Å². The third kappa shape index (κ3) is 4.10. The smallest absolute Gasteiger partial charge is 0.287 e. The molecule has 0 spiro atoms. The summed E-state index contributed by atoms with van der Waals surface area (Å²) in [6, 6.07) is 7.98. The highest BCUT2D eigenvalue weighted by Gasteiger charge is 2.30. The summed E-state index contributed by atoms with van der Waals surface area (Å²) in [6.07, 6.45) is 5.60. The highest BCUT2D eigenvalue weighted by molar-refractivity contribution is 6.30. The van der Waals surface area contributed by atoms with E-state index in [4.69, 9.17) is 21.1 Å². The first-order chi connectivity index (χ1) is 15.0. The average Bonchev–Trinajstić information content (AvgIpc) is 3.36. The molecule has 2 amide bonds. The zero-order chi connectivity index (χ0) is 21.5. The van der Waals surface area contributed by atoms with Gasteiger partial charge in [0.15, 0.2) is 5.76 Å². The Bertz CT molecular complexity index is 1160. The predicted octanol–water partition coefficient (Wildman–Crippen LogP) is 3.26. The van der Waals surface area contributed by atoms with Gasteiger partial charge in [0.05, 0.1) is 18.8 Å². The van der Waals surface area contributed by atoms with Crippen molar-refractivity contribution in [2.24, 2.45) is 0 Å². The molecular formula is C23H23ClN4O3. The zero-order valence-electron chi connectivity index (χ0n) is 17.2. The van der Waals surface area contributed by atoms with E-state index in [1.807, 2.05) is 35.9 Å². The van der Waals surface area contributed by atoms with Crippen LogP contribution in [-0.2, 0) is 24.2 Å². The minimum Gasteiger partial charge on any atom is -0.455 e. The van der Waals surface area contributed by atoms with Crippen LogP contribution in [0.2, 0.25) is 5.02 Å². The second-order valence-corrected chi connectivity index (χ2v) is 8.64. The molecule has 2 N–H and O–H groups in total. The number of amides is 2. The lowest BCUT2D eigenvalue weighted by molar-refractivity contribution is -0.120. The summed E-state index contributed by atoms with van der Waals surface area (Å²) in [7, 11) is 0. The van der Waals surface area contributed by atoms with Crippen molar-refractivity contribution < 1.29 is 14.0 Å². The van der Waals surface area contributed by atoms with E-state index in [9.17, 15) is 9.59 Å². The molecule has 0 radical (unpaired) electrons. The first kappa shape index (κ1) is 19.9. The van der Waals surface area contributed by atoms with E-state index in [-0.39, 0.29) is 30.2 Å². The molecule has 7 nitrogen and oxygen atoms in total. The van der Waals surface area contributed by atoms with Crippen molar-refractivity contribution in [3.05, 3.63) is 63.7 Å². The molecule has 0 bridgehead atoms. The van der Waals surface area contributed by atoms with Crippen LogP contribution in [0.4, 0.5) is 0 Å². The van der Waals surface area contributed by atoms with E-state index < -0.39 is 0 Å². The van der Waals surface area contributed by atoms with Gasteiger partial charge in [-0.05, 0) is 49.4 Å². The second kappa shape index (κ2) is 7.89. The quantitative estimate of drug-likeness (QED) is 0.618. The molecule has 3 aromatic rings. The van der Waals surface area contributed by atoms with Crippen LogP contribution in [0, 0.1) is 6.92 Å². The molecule has 1 aromatic carbocycles. The summed E-state index contributed by atoms with van der Waals surface area (Å²) in [5.41, 5.74) is 4.76. The van der Waals surface area contributed by atoms with Gasteiger partial charge in [-0.2, -0.15) is 5.10 Å². The number of carbonyl (C=O) groups excluding carboxylic acids is 2. The van der Waals surface area contributed by atoms with Gasteiger partial charge in [-0.25, -0.2) is 0 Å². The molecule has 8 heteroatoms. The Kier molecular flexibility index (Phi) is 5.06. The monoisotopic (exact) mass is 438 g/mol. The molecule has 5 rings (SSSR count). The summed E-state index contributed by atoms with van der Waals surface area (Å²) < 4.78 is 7.83. The van der Waals surface area contributed by atoms with Gasteiger partial charge in [0.1, 0.15) is 5.76 Å². The van der Waals surface area contributed by atoms with Gasteiger partial charge in [0.2, 0.25) is 5.91 Å². The lowest BCUT2D eigenvalue weighted by Crippen LogP contribution is -2.37. The fraction of sp³-hybridized carbons (Fsp3) is 0.348. The summed E-state index contributed by atoms with van der Waals surface area (Å²) in [5, 5.41) is 11.0. The number of aryl methyl sites for hydroxylation is 2. The first-order valence-electron chi connectivity index (χ1n) is 10.5. The van der Waals surface area contributed by atoms with Crippen molar-refractivity contribution in [1.82, 2.24) is 20.4 Å². The van der Waals surface area contributed by atoms with Crippen LogP contribution in [0.5, 0.6) is 0 Å². The van der Waals surface area contributed by atoms with Crippen LogP contribution in [0.25, 0.3) is 11.3 Å². The molecule has 1 fully saturated rings. The number of carbonyl (C=O) groups is 2. The summed E-state index contributed by atoms with van der Waals surface area (Å²) >= 11 is 5.98.